The molecule has 3 saturated heterocycles. The molecule has 42 heteroatoms. The second kappa shape index (κ2) is 40.3. The van der Waals surface area contributed by atoms with Gasteiger partial charge in [0.25, 0.3) is 16.7 Å². The maximum atomic E-state index is 15.3. The summed E-state index contributed by atoms with van der Waals surface area (Å²) in [6.45, 7) is 33.6. The minimum Gasteiger partial charge on any atom is -0.503 e. The fourth-order valence-electron chi connectivity index (χ4n) is 17.2. The van der Waals surface area contributed by atoms with Gasteiger partial charge in [0.05, 0.1) is 110 Å². The number of nitrogens with two attached hydrogens (primary N) is 2. The van der Waals surface area contributed by atoms with Gasteiger partial charge in [-0.3, -0.25) is 57.4 Å². The van der Waals surface area contributed by atoms with Crippen molar-refractivity contribution in [2.24, 2.45) is 0 Å². The molecular weight excluding hydrogens is 1950 g/mol. The van der Waals surface area contributed by atoms with Gasteiger partial charge in [-0.2, -0.15) is 15.8 Å². The summed E-state index contributed by atoms with van der Waals surface area (Å²) in [5.41, 5.74) is 11.4. The lowest BCUT2D eigenvalue weighted by molar-refractivity contribution is -0.129. The van der Waals surface area contributed by atoms with Crippen LogP contribution in [0.2, 0.25) is 40.2 Å². The number of fused-ring (bicyclic) bond motifs is 3. The van der Waals surface area contributed by atoms with Gasteiger partial charge in [-0.05, 0) is 124 Å². The Morgan fingerprint density at radius 1 is 0.431 bits per heavy atom. The van der Waals surface area contributed by atoms with E-state index in [2.05, 4.69) is 51.8 Å². The van der Waals surface area contributed by atoms with Crippen LogP contribution in [-0.2, 0) is 14.4 Å². The van der Waals surface area contributed by atoms with Gasteiger partial charge in [0.1, 0.15) is 66.9 Å². The Bertz CT molecular complexity index is 7140. The van der Waals surface area contributed by atoms with E-state index in [9.17, 15) is 71.6 Å². The minimum absolute atomic E-state index is 0.0324. The number of benzene rings is 3. The van der Waals surface area contributed by atoms with Crippen LogP contribution >= 0.6 is 92.8 Å². The van der Waals surface area contributed by atoms with Crippen molar-refractivity contribution in [2.75, 3.05) is 91.6 Å². The monoisotopic (exact) mass is 2030 g/mol. The molecule has 0 saturated carbocycles. The van der Waals surface area contributed by atoms with Gasteiger partial charge >= 0.3 is 0 Å². The Balaban J connectivity index is 0.000000174. The minimum atomic E-state index is -1.70. The van der Waals surface area contributed by atoms with Gasteiger partial charge in [0.15, 0.2) is 46.5 Å². The molecule has 0 bridgehead atoms. The summed E-state index contributed by atoms with van der Waals surface area (Å²) in [7, 11) is 0. The van der Waals surface area contributed by atoms with Crippen LogP contribution in [0, 0.1) is 95.5 Å². The number of amides is 3. The van der Waals surface area contributed by atoms with Gasteiger partial charge in [0, 0.05) is 123 Å². The molecule has 2 atom stereocenters. The van der Waals surface area contributed by atoms with Gasteiger partial charge in [-0.15, -0.1) is 0 Å². The second-order valence-corrected chi connectivity index (χ2v) is 36.3. The van der Waals surface area contributed by atoms with E-state index in [1.165, 1.54) is 45.6 Å². The predicted molar refractivity (Wildman–Crippen MR) is 519 cm³/mol. The molecule has 3 aliphatic rings. The zero-order chi connectivity index (χ0) is 100. The number of aromatic nitrogens is 9. The van der Waals surface area contributed by atoms with E-state index in [-0.39, 0.29) is 194 Å². The lowest BCUT2D eigenvalue weighted by Gasteiger charge is -2.41. The Kier molecular flexibility index (Phi) is 29.8. The molecule has 15 rings (SSSR count). The third kappa shape index (κ3) is 17.9. The van der Waals surface area contributed by atoms with E-state index in [0.717, 1.165) is 4.57 Å². The molecule has 27 nitrogen and oxygen atoms in total. The van der Waals surface area contributed by atoms with Gasteiger partial charge in [-0.25, -0.2) is 45.7 Å². The smallest absolute Gasteiger partial charge is 0.276 e. The molecule has 5 N–H and O–H groups in total. The number of anilines is 5. The van der Waals surface area contributed by atoms with Gasteiger partial charge in [0.2, 0.25) is 17.7 Å². The largest absolute Gasteiger partial charge is 0.503 e. The Hall–Kier alpha value is -13.1. The molecule has 0 spiro atoms. The van der Waals surface area contributed by atoms with Crippen LogP contribution in [0.5, 0.6) is 5.75 Å². The summed E-state index contributed by atoms with van der Waals surface area (Å²) in [5.74, 6) is -13.5. The molecule has 3 amide bonds. The van der Waals surface area contributed by atoms with Crippen LogP contribution in [0.3, 0.4) is 0 Å². The molecular formula is C95H81Cl8F7N20O7. The molecule has 0 radical (unpaired) electrons. The number of aromatic hydroxyl groups is 1. The summed E-state index contributed by atoms with van der Waals surface area (Å²) in [4.78, 5) is 118. The number of aryl methyl sites for hydroxylation is 3. The van der Waals surface area contributed by atoms with E-state index in [4.69, 9.17) is 114 Å². The normalized spacial score (nSPS) is 14.5. The molecule has 137 heavy (non-hydrogen) atoms. The number of phenols is 1. The Labute approximate surface area is 818 Å². The number of phenolic OH excluding ortho intramolecular Hbond substituents is 1. The first-order valence-corrected chi connectivity index (χ1v) is 45.1. The molecule has 12 aromatic rings. The zero-order valence-electron chi connectivity index (χ0n) is 74.8. The number of nitrogen functional groups attached to an aromatic ring is 2. The highest BCUT2D eigenvalue weighted by atomic mass is 35.5. The zero-order valence-corrected chi connectivity index (χ0v) is 80.8. The van der Waals surface area contributed by atoms with Crippen LogP contribution < -0.4 is 42.8 Å². The standard InChI is InChI=1S/2C32H28Cl3F2N7O2.C31H25Cl2F3N6O3/c2*1-6-20(45)43-10-9-42(13-16(43)5)30-17-11-19(33)28(21-22(34)24(36)25(37)23(35)26(21)39)41-31(17)44(32(46)18(30)12-38)29-15(4)7-8-40-27(29)14(2)3;1-5-19(43)40-8-10-41(11-9-40)28-16-12-18(32)26(20-22(34)21(33)24(36)29(44)23(20)35)39-30(16)42(31(45)17(28)13-37)27-15(4)6-7-38-25(27)14(2)3/h2*6-8,11,14,16H,1,9-10,13,39H2,2-5H3;5-7,12,14,44H,1,8-11H2,2-4H3/t2*16-;/m11./s1. The number of halogens is 15. The second-order valence-electron chi connectivity index (χ2n) is 33.2. The van der Waals surface area contributed by atoms with Crippen molar-refractivity contribution in [1.82, 2.24) is 58.3 Å². The van der Waals surface area contributed by atoms with Crippen molar-refractivity contribution in [3.63, 3.8) is 0 Å². The quantitative estimate of drug-likeness (QED) is 0.0282. The van der Waals surface area contributed by atoms with E-state index in [1.807, 2.05) is 71.3 Å². The summed E-state index contributed by atoms with van der Waals surface area (Å²) >= 11 is 50.5. The lowest BCUT2D eigenvalue weighted by atomic mass is 10.0. The van der Waals surface area contributed by atoms with Crippen molar-refractivity contribution in [3.05, 3.63) is 255 Å². The van der Waals surface area contributed by atoms with Crippen molar-refractivity contribution >= 4 is 172 Å². The van der Waals surface area contributed by atoms with E-state index in [0.29, 0.717) is 74.7 Å². The van der Waals surface area contributed by atoms with Crippen LogP contribution in [-0.4, -0.2) is 159 Å². The first kappa shape index (κ1) is 101. The average Bonchev–Trinajstić information content (AvgIpc) is 0.727. The number of piperazine rings is 3. The molecule has 12 heterocycles. The van der Waals surface area contributed by atoms with Crippen LogP contribution in [0.4, 0.5) is 59.2 Å². The van der Waals surface area contributed by atoms with Gasteiger partial charge in [-0.1, -0.05) is 154 Å². The first-order chi connectivity index (χ1) is 64.8. The number of hydrogen-bond donors (Lipinski definition) is 3. The Morgan fingerprint density at radius 3 is 1.03 bits per heavy atom. The summed E-state index contributed by atoms with van der Waals surface area (Å²) in [6.07, 6.45) is 8.46. The fraction of sp³-hybridized carbons (Fsp3) is 0.274. The number of carbonyl (C=O) groups excluding carboxylic acids is 3. The number of rotatable bonds is 15. The van der Waals surface area contributed by atoms with E-state index >= 15 is 8.78 Å². The van der Waals surface area contributed by atoms with Crippen molar-refractivity contribution < 1.29 is 50.2 Å². The molecule has 0 unspecified atom stereocenters. The van der Waals surface area contributed by atoms with Crippen LogP contribution in [0.25, 0.3) is 83.9 Å². The summed E-state index contributed by atoms with van der Waals surface area (Å²) in [6, 6.07) is 14.9. The number of hydrogen-bond acceptors (Lipinski definition) is 21. The molecule has 3 aromatic carbocycles. The number of carbonyl (C=O) groups is 3. The van der Waals surface area contributed by atoms with Crippen molar-refractivity contribution in [2.45, 2.75) is 106 Å². The number of nitriles is 3. The molecule has 0 aliphatic carbocycles. The summed E-state index contributed by atoms with van der Waals surface area (Å²) in [5, 5.41) is 37.5. The maximum absolute atomic E-state index is 15.3. The van der Waals surface area contributed by atoms with E-state index in [1.54, 1.807) is 77.2 Å². The first-order valence-electron chi connectivity index (χ1n) is 42.1. The van der Waals surface area contributed by atoms with Gasteiger partial charge < -0.3 is 46.0 Å². The molecule has 9 aromatic heterocycles. The molecule has 3 aliphatic heterocycles. The Morgan fingerprint density at radius 2 is 0.730 bits per heavy atom. The van der Waals surface area contributed by atoms with E-state index < -0.39 is 111 Å². The predicted octanol–water partition coefficient (Wildman–Crippen LogP) is 19.6. The van der Waals surface area contributed by atoms with Crippen LogP contribution in [0.1, 0.15) is 124 Å². The third-order valence-electron chi connectivity index (χ3n) is 23.8. The summed E-state index contributed by atoms with van der Waals surface area (Å²) < 4.78 is 107. The molecule has 708 valence electrons. The van der Waals surface area contributed by atoms with Crippen molar-refractivity contribution in [3.8, 4) is 74.8 Å². The molecule has 3 fully saturated rings. The highest BCUT2D eigenvalue weighted by Crippen LogP contribution is 2.50. The van der Waals surface area contributed by atoms with Crippen LogP contribution in [0.15, 0.2) is 107 Å². The SMILES string of the molecule is C=CC(=O)N1CCN(c2c(C#N)c(=O)n(-c3c(C)ccnc3C(C)C)c3nc(-c4c(F)c(O)c(F)c(Cl)c4F)c(Cl)cc23)CC1.C=CC(=O)N1CCN(c2c(C#N)c(=O)n(-c3c(C)ccnc3C(C)C)c3nc(-c4c(N)c(Cl)c(F)c(F)c4Cl)c(Cl)cc23)C[C@H]1C.C=CC(=O)N1CCN(c2c(C#N)c(=O)n(-c3c(C)ccnc3C(C)C)c3nc(-c4c(N)c(Cl)c(F)c(F)c4Cl)c(Cl)cc23)C[C@H]1C. The average molecular weight is 2030 g/mol. The highest BCUT2D eigenvalue weighted by Gasteiger charge is 2.40. The number of nitrogens with zero attached hydrogens (tertiary/aromatic N) is 18. The topological polar surface area (TPSA) is 358 Å². The lowest BCUT2D eigenvalue weighted by Crippen LogP contribution is -2.54. The third-order valence-corrected chi connectivity index (χ3v) is 26.4. The van der Waals surface area contributed by atoms with Crippen molar-refractivity contribution in [1.29, 1.82) is 15.8 Å². The highest BCUT2D eigenvalue weighted by molar-refractivity contribution is 6.41. The number of pyridine rings is 9. The fourth-order valence-corrected chi connectivity index (χ4v) is 19.0. The maximum Gasteiger partial charge on any atom is 0.276 e.